The van der Waals surface area contributed by atoms with Gasteiger partial charge in [-0.15, -0.1) is 0 Å². The molecule has 0 heterocycles. The third-order valence-electron chi connectivity index (χ3n) is 1.39. The highest BCUT2D eigenvalue weighted by Gasteiger charge is 2.01. The SMILES string of the molecule is O=[N+]([O-])c1ccc(C#CCS)cc1. The van der Waals surface area contributed by atoms with Crippen LogP contribution in [0.15, 0.2) is 24.3 Å². The summed E-state index contributed by atoms with van der Waals surface area (Å²) < 4.78 is 0. The molecule has 4 heteroatoms. The molecule has 1 aromatic rings. The van der Waals surface area contributed by atoms with Crippen LogP contribution < -0.4 is 0 Å². The van der Waals surface area contributed by atoms with Gasteiger partial charge in [-0.3, -0.25) is 10.1 Å². The minimum Gasteiger partial charge on any atom is -0.258 e. The zero-order valence-electron chi connectivity index (χ0n) is 6.73. The van der Waals surface area contributed by atoms with Crippen molar-refractivity contribution in [1.82, 2.24) is 0 Å². The first-order valence-electron chi connectivity index (χ1n) is 3.58. The van der Waals surface area contributed by atoms with Crippen LogP contribution >= 0.6 is 12.6 Å². The van der Waals surface area contributed by atoms with Gasteiger partial charge in [-0.05, 0) is 12.1 Å². The molecule has 0 atom stereocenters. The van der Waals surface area contributed by atoms with Crippen LogP contribution in [0, 0.1) is 22.0 Å². The number of hydrogen-bond donors (Lipinski definition) is 1. The van der Waals surface area contributed by atoms with Crippen molar-refractivity contribution in [2.75, 3.05) is 5.75 Å². The second-order valence-electron chi connectivity index (χ2n) is 2.26. The fraction of sp³-hybridized carbons (Fsp3) is 0.111. The summed E-state index contributed by atoms with van der Waals surface area (Å²) in [5.74, 6) is 6.05. The van der Waals surface area contributed by atoms with Crippen molar-refractivity contribution in [3.8, 4) is 11.8 Å². The van der Waals surface area contributed by atoms with Crippen LogP contribution in [-0.2, 0) is 0 Å². The summed E-state index contributed by atoms with van der Waals surface area (Å²) in [6.45, 7) is 0. The van der Waals surface area contributed by atoms with Gasteiger partial charge in [-0.2, -0.15) is 12.6 Å². The van der Waals surface area contributed by atoms with E-state index in [2.05, 4.69) is 24.5 Å². The van der Waals surface area contributed by atoms with Crippen LogP contribution in [0.3, 0.4) is 0 Å². The lowest BCUT2D eigenvalue weighted by Crippen LogP contribution is -1.86. The van der Waals surface area contributed by atoms with Crippen molar-refractivity contribution < 1.29 is 4.92 Å². The standard InChI is InChI=1S/C9H7NO2S/c11-10(12)9-5-3-8(4-6-9)2-1-7-13/h3-6,13H,7H2. The van der Waals surface area contributed by atoms with Crippen LogP contribution in [-0.4, -0.2) is 10.7 Å². The maximum absolute atomic E-state index is 10.3. The van der Waals surface area contributed by atoms with E-state index in [1.54, 1.807) is 12.1 Å². The van der Waals surface area contributed by atoms with Gasteiger partial charge in [0.1, 0.15) is 0 Å². The van der Waals surface area contributed by atoms with E-state index in [1.165, 1.54) is 12.1 Å². The molecule has 0 aliphatic heterocycles. The Balaban J connectivity index is 2.87. The predicted molar refractivity (Wildman–Crippen MR) is 53.8 cm³/mol. The number of nitrogens with zero attached hydrogens (tertiary/aromatic N) is 1. The van der Waals surface area contributed by atoms with E-state index >= 15 is 0 Å². The maximum Gasteiger partial charge on any atom is 0.269 e. The van der Waals surface area contributed by atoms with Crippen molar-refractivity contribution in [3.63, 3.8) is 0 Å². The van der Waals surface area contributed by atoms with E-state index < -0.39 is 4.92 Å². The Kier molecular flexibility index (Phi) is 3.35. The number of hydrogen-bond acceptors (Lipinski definition) is 3. The largest absolute Gasteiger partial charge is 0.269 e. The van der Waals surface area contributed by atoms with Crippen molar-refractivity contribution in [2.24, 2.45) is 0 Å². The molecule has 0 fully saturated rings. The molecule has 1 aromatic carbocycles. The molecule has 0 saturated carbocycles. The van der Waals surface area contributed by atoms with Crippen molar-refractivity contribution in [2.45, 2.75) is 0 Å². The molecule has 0 radical (unpaired) electrons. The van der Waals surface area contributed by atoms with Gasteiger partial charge in [0.15, 0.2) is 0 Å². The number of nitro groups is 1. The Labute approximate surface area is 81.3 Å². The van der Waals surface area contributed by atoms with Crippen molar-refractivity contribution >= 4 is 18.3 Å². The van der Waals surface area contributed by atoms with E-state index in [4.69, 9.17) is 0 Å². The first-order chi connectivity index (χ1) is 6.24. The summed E-state index contributed by atoms with van der Waals surface area (Å²) >= 11 is 3.92. The third kappa shape index (κ3) is 2.80. The molecular weight excluding hydrogens is 186 g/mol. The first kappa shape index (κ1) is 9.62. The average molecular weight is 193 g/mol. The quantitative estimate of drug-likeness (QED) is 0.320. The van der Waals surface area contributed by atoms with E-state index in [0.717, 1.165) is 5.56 Å². The summed E-state index contributed by atoms with van der Waals surface area (Å²) in [6, 6.07) is 6.11. The Hall–Kier alpha value is -1.47. The summed E-state index contributed by atoms with van der Waals surface area (Å²) in [5.41, 5.74) is 0.844. The third-order valence-corrected chi connectivity index (χ3v) is 1.55. The Bertz CT molecular complexity index is 361. The highest BCUT2D eigenvalue weighted by atomic mass is 32.1. The number of non-ortho nitro benzene ring substituents is 1. The Morgan fingerprint density at radius 2 is 2.00 bits per heavy atom. The van der Waals surface area contributed by atoms with Gasteiger partial charge in [0.25, 0.3) is 5.69 Å². The predicted octanol–water partition coefficient (Wildman–Crippen LogP) is 1.88. The zero-order chi connectivity index (χ0) is 9.68. The molecule has 0 aliphatic rings. The molecule has 0 aromatic heterocycles. The molecule has 1 rings (SSSR count). The van der Waals surface area contributed by atoms with Crippen LogP contribution in [0.2, 0.25) is 0 Å². The second kappa shape index (κ2) is 4.53. The van der Waals surface area contributed by atoms with Gasteiger partial charge < -0.3 is 0 Å². The zero-order valence-corrected chi connectivity index (χ0v) is 7.62. The van der Waals surface area contributed by atoms with Crippen LogP contribution in [0.4, 0.5) is 5.69 Å². The highest BCUT2D eigenvalue weighted by molar-refractivity contribution is 7.80. The molecule has 0 N–H and O–H groups in total. The van der Waals surface area contributed by atoms with E-state index in [0.29, 0.717) is 5.75 Å². The fourth-order valence-corrected chi connectivity index (χ4v) is 0.887. The van der Waals surface area contributed by atoms with Crippen LogP contribution in [0.5, 0.6) is 0 Å². The molecule has 66 valence electrons. The molecular formula is C9H7NO2S. The molecule has 0 saturated heterocycles. The van der Waals surface area contributed by atoms with Gasteiger partial charge >= 0.3 is 0 Å². The lowest BCUT2D eigenvalue weighted by molar-refractivity contribution is -0.384. The molecule has 3 nitrogen and oxygen atoms in total. The van der Waals surface area contributed by atoms with Crippen LogP contribution in [0.1, 0.15) is 5.56 Å². The minimum atomic E-state index is -0.435. The number of nitro benzene ring substituents is 1. The lowest BCUT2D eigenvalue weighted by Gasteiger charge is -1.90. The smallest absolute Gasteiger partial charge is 0.258 e. The van der Waals surface area contributed by atoms with Crippen LogP contribution in [0.25, 0.3) is 0 Å². The molecule has 0 bridgehead atoms. The lowest BCUT2D eigenvalue weighted by atomic mass is 10.2. The van der Waals surface area contributed by atoms with Gasteiger partial charge in [0, 0.05) is 17.7 Å². The van der Waals surface area contributed by atoms with Gasteiger partial charge in [0.05, 0.1) is 10.7 Å². The highest BCUT2D eigenvalue weighted by Crippen LogP contribution is 2.10. The van der Waals surface area contributed by atoms with Gasteiger partial charge in [0.2, 0.25) is 0 Å². The normalized spacial score (nSPS) is 8.69. The fourth-order valence-electron chi connectivity index (χ4n) is 0.808. The molecule has 0 aliphatic carbocycles. The van der Waals surface area contributed by atoms with Gasteiger partial charge in [-0.1, -0.05) is 11.8 Å². The molecule has 0 spiro atoms. The van der Waals surface area contributed by atoms with Crippen molar-refractivity contribution in [1.29, 1.82) is 0 Å². The Morgan fingerprint density at radius 1 is 1.38 bits per heavy atom. The first-order valence-corrected chi connectivity index (χ1v) is 4.21. The summed E-state index contributed by atoms with van der Waals surface area (Å²) in [5, 5.41) is 10.3. The maximum atomic E-state index is 10.3. The molecule has 0 unspecified atom stereocenters. The minimum absolute atomic E-state index is 0.0800. The topological polar surface area (TPSA) is 43.1 Å². The molecule has 0 amide bonds. The van der Waals surface area contributed by atoms with E-state index in [9.17, 15) is 10.1 Å². The molecule has 13 heavy (non-hydrogen) atoms. The number of rotatable bonds is 1. The number of thiol groups is 1. The number of benzene rings is 1. The van der Waals surface area contributed by atoms with Gasteiger partial charge in [-0.25, -0.2) is 0 Å². The van der Waals surface area contributed by atoms with E-state index in [-0.39, 0.29) is 5.69 Å². The second-order valence-corrected chi connectivity index (χ2v) is 2.58. The van der Waals surface area contributed by atoms with Crippen molar-refractivity contribution in [3.05, 3.63) is 39.9 Å². The Morgan fingerprint density at radius 3 is 2.46 bits per heavy atom. The summed E-state index contributed by atoms with van der Waals surface area (Å²) in [6.07, 6.45) is 0. The summed E-state index contributed by atoms with van der Waals surface area (Å²) in [7, 11) is 0. The van der Waals surface area contributed by atoms with E-state index in [1.807, 2.05) is 0 Å². The average Bonchev–Trinajstić information content (AvgIpc) is 2.15. The summed E-state index contributed by atoms with van der Waals surface area (Å²) in [4.78, 5) is 9.85. The monoisotopic (exact) mass is 193 g/mol.